The third-order valence-corrected chi connectivity index (χ3v) is 5.21. The number of unbranched alkanes of at least 4 members (excludes halogenated alkanes) is 1. The quantitative estimate of drug-likeness (QED) is 0.231. The molecule has 0 radical (unpaired) electrons. The molecule has 0 aliphatic rings. The van der Waals surface area contributed by atoms with Crippen LogP contribution in [0, 0.1) is 6.92 Å². The summed E-state index contributed by atoms with van der Waals surface area (Å²) in [5.41, 5.74) is 5.30. The van der Waals surface area contributed by atoms with Gasteiger partial charge in [0.05, 0.1) is 0 Å². The minimum atomic E-state index is -3.39. The van der Waals surface area contributed by atoms with Crippen LogP contribution in [0.25, 0.3) is 0 Å². The van der Waals surface area contributed by atoms with E-state index in [4.69, 9.17) is 10.9 Å². The number of amidine groups is 1. The smallest absolute Gasteiger partial charge is 0.250 e. The summed E-state index contributed by atoms with van der Waals surface area (Å²) in [6, 6.07) is 3.37. The van der Waals surface area contributed by atoms with Gasteiger partial charge in [-0.25, -0.2) is 13.1 Å². The van der Waals surface area contributed by atoms with Crippen LogP contribution in [-0.4, -0.2) is 26.0 Å². The summed E-state index contributed by atoms with van der Waals surface area (Å²) < 4.78 is 26.5. The van der Waals surface area contributed by atoms with Crippen molar-refractivity contribution in [3.8, 4) is 0 Å². The lowest BCUT2D eigenvalue weighted by Gasteiger charge is -2.04. The van der Waals surface area contributed by atoms with Crippen LogP contribution < -0.4 is 10.5 Å². The molecule has 0 fully saturated rings. The van der Waals surface area contributed by atoms with Crippen molar-refractivity contribution < 1.29 is 13.6 Å². The molecule has 18 heavy (non-hydrogen) atoms. The number of oxime groups is 1. The van der Waals surface area contributed by atoms with Crippen molar-refractivity contribution in [3.05, 3.63) is 17.0 Å². The average molecular weight is 291 g/mol. The van der Waals surface area contributed by atoms with Crippen molar-refractivity contribution in [1.82, 2.24) is 4.72 Å². The second kappa shape index (κ2) is 6.72. The van der Waals surface area contributed by atoms with Gasteiger partial charge in [-0.2, -0.15) is 0 Å². The number of rotatable bonds is 7. The number of hydrogen-bond donors (Lipinski definition) is 3. The molecule has 1 rings (SSSR count). The molecular weight excluding hydrogens is 274 g/mol. The van der Waals surface area contributed by atoms with Gasteiger partial charge in [0.2, 0.25) is 10.0 Å². The molecule has 0 aliphatic carbocycles. The fourth-order valence-corrected chi connectivity index (χ4v) is 3.72. The molecule has 102 valence electrons. The third-order valence-electron chi connectivity index (χ3n) is 2.26. The van der Waals surface area contributed by atoms with Gasteiger partial charge in [0.1, 0.15) is 10.0 Å². The van der Waals surface area contributed by atoms with E-state index in [1.807, 2.05) is 6.92 Å². The number of nitrogens with two attached hydrogens (primary N) is 1. The van der Waals surface area contributed by atoms with E-state index in [1.165, 1.54) is 11.3 Å². The molecule has 0 unspecified atom stereocenters. The molecule has 0 bridgehead atoms. The molecule has 1 aromatic rings. The van der Waals surface area contributed by atoms with Crippen LogP contribution in [0.4, 0.5) is 0 Å². The monoisotopic (exact) mass is 291 g/mol. The number of thiophene rings is 1. The molecule has 0 amide bonds. The Labute approximate surface area is 111 Å². The van der Waals surface area contributed by atoms with Crippen molar-refractivity contribution in [2.45, 2.75) is 30.4 Å². The number of aryl methyl sites for hydroxylation is 1. The Balaban J connectivity index is 2.35. The van der Waals surface area contributed by atoms with Crippen molar-refractivity contribution >= 4 is 27.2 Å². The van der Waals surface area contributed by atoms with E-state index in [1.54, 1.807) is 12.1 Å². The first-order valence-corrected chi connectivity index (χ1v) is 7.78. The van der Waals surface area contributed by atoms with E-state index in [2.05, 4.69) is 9.88 Å². The van der Waals surface area contributed by atoms with Gasteiger partial charge in [-0.3, -0.25) is 0 Å². The maximum Gasteiger partial charge on any atom is 0.250 e. The van der Waals surface area contributed by atoms with Crippen LogP contribution in [0.1, 0.15) is 24.1 Å². The molecule has 0 aromatic carbocycles. The zero-order valence-electron chi connectivity index (χ0n) is 10.1. The highest BCUT2D eigenvalue weighted by atomic mass is 32.2. The SMILES string of the molecule is Cc1ccc(S(=O)(=O)NCCCCC(N)=NO)s1. The van der Waals surface area contributed by atoms with Crippen LogP contribution in [0.3, 0.4) is 0 Å². The Bertz CT molecular complexity index is 508. The van der Waals surface area contributed by atoms with E-state index in [9.17, 15) is 8.42 Å². The molecule has 6 nitrogen and oxygen atoms in total. The lowest BCUT2D eigenvalue weighted by molar-refractivity contribution is 0.316. The summed E-state index contributed by atoms with van der Waals surface area (Å²) in [6.07, 6.45) is 1.76. The second-order valence-electron chi connectivity index (χ2n) is 3.81. The average Bonchev–Trinajstić information content (AvgIpc) is 2.75. The summed E-state index contributed by atoms with van der Waals surface area (Å²) in [4.78, 5) is 0.960. The van der Waals surface area contributed by atoms with Crippen molar-refractivity contribution in [2.75, 3.05) is 6.54 Å². The molecule has 0 saturated carbocycles. The van der Waals surface area contributed by atoms with Gasteiger partial charge < -0.3 is 10.9 Å². The molecule has 0 saturated heterocycles. The van der Waals surface area contributed by atoms with Crippen LogP contribution >= 0.6 is 11.3 Å². The summed E-state index contributed by atoms with van der Waals surface area (Å²) in [5, 5.41) is 11.2. The maximum absolute atomic E-state index is 11.8. The standard InChI is InChI=1S/C10H17N3O3S2/c1-8-5-6-10(17-8)18(15,16)12-7-3-2-4-9(11)13-14/h5-6,12,14H,2-4,7H2,1H3,(H2,11,13). The summed E-state index contributed by atoms with van der Waals surface area (Å²) in [5.74, 6) is 0.159. The molecule has 1 aromatic heterocycles. The topological polar surface area (TPSA) is 105 Å². The van der Waals surface area contributed by atoms with E-state index >= 15 is 0 Å². The van der Waals surface area contributed by atoms with Gasteiger partial charge in [-0.05, 0) is 31.9 Å². The normalized spacial score (nSPS) is 12.8. The van der Waals surface area contributed by atoms with Crippen molar-refractivity contribution in [1.29, 1.82) is 0 Å². The highest BCUT2D eigenvalue weighted by molar-refractivity contribution is 7.91. The van der Waals surface area contributed by atoms with Gasteiger partial charge in [0, 0.05) is 17.8 Å². The lowest BCUT2D eigenvalue weighted by Crippen LogP contribution is -2.24. The maximum atomic E-state index is 11.8. The Kier molecular flexibility index (Phi) is 5.57. The minimum absolute atomic E-state index is 0.159. The molecule has 4 N–H and O–H groups in total. The van der Waals surface area contributed by atoms with Gasteiger partial charge in [0.15, 0.2) is 0 Å². The first-order chi connectivity index (χ1) is 8.45. The van der Waals surface area contributed by atoms with Crippen LogP contribution in [0.15, 0.2) is 21.5 Å². The predicted molar refractivity (Wildman–Crippen MR) is 71.5 cm³/mol. The Morgan fingerprint density at radius 2 is 2.22 bits per heavy atom. The molecule has 1 heterocycles. The van der Waals surface area contributed by atoms with Gasteiger partial charge >= 0.3 is 0 Å². The van der Waals surface area contributed by atoms with E-state index < -0.39 is 10.0 Å². The number of nitrogens with zero attached hydrogens (tertiary/aromatic N) is 1. The van der Waals surface area contributed by atoms with Gasteiger partial charge in [0.25, 0.3) is 0 Å². The molecule has 8 heteroatoms. The first-order valence-electron chi connectivity index (χ1n) is 5.48. The largest absolute Gasteiger partial charge is 0.409 e. The Morgan fingerprint density at radius 3 is 2.78 bits per heavy atom. The second-order valence-corrected chi connectivity index (χ2v) is 7.09. The van der Waals surface area contributed by atoms with Gasteiger partial charge in [-0.1, -0.05) is 5.16 Å². The number of nitrogens with one attached hydrogen (secondary N) is 1. The minimum Gasteiger partial charge on any atom is -0.409 e. The fourth-order valence-electron chi connectivity index (χ4n) is 1.32. The zero-order chi connectivity index (χ0) is 13.6. The first kappa shape index (κ1) is 14.9. The third kappa shape index (κ3) is 4.63. The van der Waals surface area contributed by atoms with Gasteiger partial charge in [-0.15, -0.1) is 11.3 Å². The van der Waals surface area contributed by atoms with E-state index in [0.717, 1.165) is 4.88 Å². The Morgan fingerprint density at radius 1 is 1.50 bits per heavy atom. The molecule has 0 aliphatic heterocycles. The lowest BCUT2D eigenvalue weighted by atomic mass is 10.2. The van der Waals surface area contributed by atoms with Crippen LogP contribution in [-0.2, 0) is 10.0 Å². The molecule has 0 atom stereocenters. The molecular formula is C10H17N3O3S2. The van der Waals surface area contributed by atoms with E-state index in [0.29, 0.717) is 30.0 Å². The predicted octanol–water partition coefficient (Wildman–Crippen LogP) is 1.25. The summed E-state index contributed by atoms with van der Waals surface area (Å²) >= 11 is 1.24. The van der Waals surface area contributed by atoms with Crippen LogP contribution in [0.2, 0.25) is 0 Å². The molecule has 0 spiro atoms. The number of hydrogen-bond acceptors (Lipinski definition) is 5. The highest BCUT2D eigenvalue weighted by Crippen LogP contribution is 2.20. The van der Waals surface area contributed by atoms with Crippen LogP contribution in [0.5, 0.6) is 0 Å². The highest BCUT2D eigenvalue weighted by Gasteiger charge is 2.14. The summed E-state index contributed by atoms with van der Waals surface area (Å²) in [6.45, 7) is 2.21. The fraction of sp³-hybridized carbons (Fsp3) is 0.500. The number of sulfonamides is 1. The van der Waals surface area contributed by atoms with Crippen molar-refractivity contribution in [3.63, 3.8) is 0 Å². The Hall–Kier alpha value is -1.12. The van der Waals surface area contributed by atoms with E-state index in [-0.39, 0.29) is 5.84 Å². The zero-order valence-corrected chi connectivity index (χ0v) is 11.7. The summed E-state index contributed by atoms with van der Waals surface area (Å²) in [7, 11) is -3.39. The van der Waals surface area contributed by atoms with Crippen molar-refractivity contribution in [2.24, 2.45) is 10.9 Å².